The van der Waals surface area contributed by atoms with Crippen molar-refractivity contribution in [3.63, 3.8) is 0 Å². The van der Waals surface area contributed by atoms with Crippen LogP contribution in [0, 0.1) is 17.0 Å². The van der Waals surface area contributed by atoms with Crippen molar-refractivity contribution >= 4 is 51.7 Å². The van der Waals surface area contributed by atoms with Crippen LogP contribution in [0.15, 0.2) is 58.9 Å². The molecule has 3 heterocycles. The average Bonchev–Trinajstić information content (AvgIpc) is 3.43. The molecular weight excluding hydrogens is 454 g/mol. The first kappa shape index (κ1) is 21.1. The van der Waals surface area contributed by atoms with Gasteiger partial charge in [-0.15, -0.1) is 32.9 Å². The van der Waals surface area contributed by atoms with Gasteiger partial charge in [-0.25, -0.2) is 4.98 Å². The number of benzene rings is 1. The topological polar surface area (TPSA) is 111 Å². The Morgan fingerprint density at radius 2 is 2.00 bits per heavy atom. The number of aryl methyl sites for hydroxylation is 1. The second-order valence-corrected chi connectivity index (χ2v) is 9.22. The van der Waals surface area contributed by atoms with E-state index >= 15 is 0 Å². The van der Waals surface area contributed by atoms with Crippen molar-refractivity contribution in [3.8, 4) is 20.5 Å². The Kier molecular flexibility index (Phi) is 6.35. The fraction of sp³-hybridized carbons (Fsp3) is 0.100. The van der Waals surface area contributed by atoms with Gasteiger partial charge >= 0.3 is 0 Å². The summed E-state index contributed by atoms with van der Waals surface area (Å²) in [6, 6.07) is 13.7. The molecule has 0 bridgehead atoms. The number of nitro groups is 1. The second-order valence-electron chi connectivity index (χ2n) is 6.28. The van der Waals surface area contributed by atoms with Crippen molar-refractivity contribution in [1.82, 2.24) is 15.2 Å². The zero-order valence-electron chi connectivity index (χ0n) is 16.1. The number of thiophene rings is 1. The molecule has 1 N–H and O–H groups in total. The van der Waals surface area contributed by atoms with Crippen molar-refractivity contribution in [2.24, 2.45) is 0 Å². The van der Waals surface area contributed by atoms with E-state index < -0.39 is 4.92 Å². The molecule has 8 nitrogen and oxygen atoms in total. The fourth-order valence-corrected chi connectivity index (χ4v) is 5.16. The first-order chi connectivity index (χ1) is 15.0. The smallest absolute Gasteiger partial charge is 0.292 e. The number of thiazole rings is 1. The predicted molar refractivity (Wildman–Crippen MR) is 124 cm³/mol. The highest BCUT2D eigenvalue weighted by Crippen LogP contribution is 2.36. The largest absolute Gasteiger partial charge is 0.320 e. The molecule has 0 aliphatic heterocycles. The molecule has 0 spiro atoms. The van der Waals surface area contributed by atoms with E-state index in [1.807, 2.05) is 30.5 Å². The number of rotatable bonds is 7. The molecule has 0 saturated carbocycles. The van der Waals surface area contributed by atoms with Gasteiger partial charge in [0.2, 0.25) is 5.91 Å². The van der Waals surface area contributed by atoms with Crippen LogP contribution < -0.4 is 5.32 Å². The van der Waals surface area contributed by atoms with E-state index in [4.69, 9.17) is 0 Å². The summed E-state index contributed by atoms with van der Waals surface area (Å²) < 4.78 is 0. The van der Waals surface area contributed by atoms with Crippen molar-refractivity contribution in [3.05, 3.63) is 69.7 Å². The van der Waals surface area contributed by atoms with Crippen molar-refractivity contribution < 1.29 is 9.72 Å². The number of nitro benzene ring substituents is 1. The standard InChI is InChI=1S/C20H15N5O3S3/c1-12-19(31-20(21-12)16-7-4-10-29-16)14-8-9-18(24-23-14)30-11-17(26)22-13-5-2-3-6-15(13)25(27)28/h2-10H,11H2,1H3,(H,22,26). The summed E-state index contributed by atoms with van der Waals surface area (Å²) in [6.07, 6.45) is 0. The quantitative estimate of drug-likeness (QED) is 0.223. The summed E-state index contributed by atoms with van der Waals surface area (Å²) in [6.45, 7) is 1.94. The maximum atomic E-state index is 12.2. The van der Waals surface area contributed by atoms with Gasteiger partial charge in [0.15, 0.2) is 0 Å². The van der Waals surface area contributed by atoms with Crippen LogP contribution in [0.3, 0.4) is 0 Å². The molecule has 11 heteroatoms. The van der Waals surface area contributed by atoms with E-state index in [-0.39, 0.29) is 23.0 Å². The molecular formula is C20H15N5O3S3. The van der Waals surface area contributed by atoms with Gasteiger partial charge in [-0.05, 0) is 36.6 Å². The van der Waals surface area contributed by atoms with Crippen LogP contribution in [0.2, 0.25) is 0 Å². The molecule has 1 aromatic carbocycles. The van der Waals surface area contributed by atoms with Crippen LogP contribution in [0.1, 0.15) is 5.69 Å². The number of nitrogens with zero attached hydrogens (tertiary/aromatic N) is 4. The van der Waals surface area contributed by atoms with Crippen LogP contribution in [-0.2, 0) is 4.79 Å². The van der Waals surface area contributed by atoms with E-state index in [9.17, 15) is 14.9 Å². The molecule has 0 aliphatic carbocycles. The van der Waals surface area contributed by atoms with Gasteiger partial charge in [-0.2, -0.15) is 0 Å². The first-order valence-electron chi connectivity index (χ1n) is 9.03. The molecule has 0 unspecified atom stereocenters. The number of carbonyl (C=O) groups excluding carboxylic acids is 1. The molecule has 0 aliphatic rings. The first-order valence-corrected chi connectivity index (χ1v) is 11.7. The van der Waals surface area contributed by atoms with E-state index in [0.717, 1.165) is 26.1 Å². The maximum absolute atomic E-state index is 12.2. The highest BCUT2D eigenvalue weighted by atomic mass is 32.2. The lowest BCUT2D eigenvalue weighted by Crippen LogP contribution is -2.15. The number of hydrogen-bond acceptors (Lipinski definition) is 9. The normalized spacial score (nSPS) is 10.7. The lowest BCUT2D eigenvalue weighted by molar-refractivity contribution is -0.383. The van der Waals surface area contributed by atoms with Crippen LogP contribution in [-0.4, -0.2) is 31.8 Å². The molecule has 0 atom stereocenters. The summed E-state index contributed by atoms with van der Waals surface area (Å²) in [5.74, 6) is -0.300. The SMILES string of the molecule is Cc1nc(-c2cccs2)sc1-c1ccc(SCC(=O)Nc2ccccc2[N+](=O)[O-])nn1. The molecule has 156 valence electrons. The molecule has 4 aromatic rings. The lowest BCUT2D eigenvalue weighted by Gasteiger charge is -2.05. The summed E-state index contributed by atoms with van der Waals surface area (Å²) in [7, 11) is 0. The van der Waals surface area contributed by atoms with Crippen LogP contribution >= 0.6 is 34.4 Å². The summed E-state index contributed by atoms with van der Waals surface area (Å²) in [4.78, 5) is 29.4. The molecule has 1 amide bonds. The van der Waals surface area contributed by atoms with E-state index in [2.05, 4.69) is 20.5 Å². The Balaban J connectivity index is 1.39. The zero-order valence-corrected chi connectivity index (χ0v) is 18.6. The summed E-state index contributed by atoms with van der Waals surface area (Å²) >= 11 is 4.42. The lowest BCUT2D eigenvalue weighted by atomic mass is 10.2. The predicted octanol–water partition coefficient (Wildman–Crippen LogP) is 5.28. The zero-order chi connectivity index (χ0) is 21.8. The Hall–Kier alpha value is -3.15. The minimum atomic E-state index is -0.530. The van der Waals surface area contributed by atoms with Crippen LogP contribution in [0.5, 0.6) is 0 Å². The number of carbonyl (C=O) groups is 1. The molecule has 0 fully saturated rings. The van der Waals surface area contributed by atoms with Crippen LogP contribution in [0.4, 0.5) is 11.4 Å². The number of anilines is 1. The molecule has 0 radical (unpaired) electrons. The van der Waals surface area contributed by atoms with E-state index in [0.29, 0.717) is 5.03 Å². The third-order valence-electron chi connectivity index (χ3n) is 4.13. The average molecular weight is 470 g/mol. The third-order valence-corrected chi connectivity index (χ3v) is 7.27. The Morgan fingerprint density at radius 3 is 2.71 bits per heavy atom. The van der Waals surface area contributed by atoms with Crippen molar-refractivity contribution in [2.45, 2.75) is 11.9 Å². The Labute approximate surface area is 189 Å². The number of hydrogen-bond donors (Lipinski definition) is 1. The van der Waals surface area contributed by atoms with E-state index in [1.54, 1.807) is 40.9 Å². The molecule has 0 saturated heterocycles. The Morgan fingerprint density at radius 1 is 1.16 bits per heavy atom. The number of aromatic nitrogens is 3. The maximum Gasteiger partial charge on any atom is 0.292 e. The highest BCUT2D eigenvalue weighted by Gasteiger charge is 2.16. The van der Waals surface area contributed by atoms with Gasteiger partial charge < -0.3 is 5.32 Å². The van der Waals surface area contributed by atoms with Gasteiger partial charge in [0.05, 0.1) is 26.1 Å². The van der Waals surface area contributed by atoms with Crippen LogP contribution in [0.25, 0.3) is 20.5 Å². The van der Waals surface area contributed by atoms with Crippen molar-refractivity contribution in [2.75, 3.05) is 11.1 Å². The molecule has 31 heavy (non-hydrogen) atoms. The number of amides is 1. The van der Waals surface area contributed by atoms with Gasteiger partial charge in [0.1, 0.15) is 21.4 Å². The third kappa shape index (κ3) is 4.95. The number of nitrogens with one attached hydrogen (secondary N) is 1. The second kappa shape index (κ2) is 9.33. The fourth-order valence-electron chi connectivity index (χ4n) is 2.72. The highest BCUT2D eigenvalue weighted by molar-refractivity contribution is 7.99. The Bertz CT molecular complexity index is 1220. The monoisotopic (exact) mass is 469 g/mol. The van der Waals surface area contributed by atoms with Gasteiger partial charge in [-0.3, -0.25) is 14.9 Å². The summed E-state index contributed by atoms with van der Waals surface area (Å²) in [5, 5.41) is 25.7. The van der Waals surface area contributed by atoms with Gasteiger partial charge in [0, 0.05) is 6.07 Å². The number of para-hydroxylation sites is 2. The molecule has 3 aromatic heterocycles. The van der Waals surface area contributed by atoms with Gasteiger partial charge in [0.25, 0.3) is 5.69 Å². The minimum absolute atomic E-state index is 0.0577. The minimum Gasteiger partial charge on any atom is -0.320 e. The summed E-state index contributed by atoms with van der Waals surface area (Å²) in [5.41, 5.74) is 1.65. The van der Waals surface area contributed by atoms with Gasteiger partial charge in [-0.1, -0.05) is 30.0 Å². The van der Waals surface area contributed by atoms with Crippen molar-refractivity contribution in [1.29, 1.82) is 0 Å². The number of thioether (sulfide) groups is 1. The molecule has 4 rings (SSSR count). The van der Waals surface area contributed by atoms with E-state index in [1.165, 1.54) is 23.9 Å².